The minimum Gasteiger partial charge on any atom is -0.465 e. The summed E-state index contributed by atoms with van der Waals surface area (Å²) in [7, 11) is 1.26. The van der Waals surface area contributed by atoms with E-state index >= 15 is 0 Å². The lowest BCUT2D eigenvalue weighted by molar-refractivity contribution is -0.120. The van der Waals surface area contributed by atoms with Gasteiger partial charge in [-0.05, 0) is 43.3 Å². The molecule has 2 N–H and O–H groups in total. The predicted molar refractivity (Wildman–Crippen MR) is 138 cm³/mol. The van der Waals surface area contributed by atoms with Gasteiger partial charge in [0.1, 0.15) is 15.6 Å². The molecule has 1 aliphatic heterocycles. The Morgan fingerprint density at radius 1 is 1.03 bits per heavy atom. The highest BCUT2D eigenvalue weighted by atomic mass is 35.5. The molecular weight excluding hydrogens is 551 g/mol. The van der Waals surface area contributed by atoms with Crippen LogP contribution in [0.5, 0.6) is 0 Å². The average molecular weight is 566 g/mol. The van der Waals surface area contributed by atoms with Crippen molar-refractivity contribution in [1.29, 1.82) is 0 Å². The number of hydrogen-bond acceptors (Lipinski definition) is 8. The molecule has 9 nitrogen and oxygen atoms in total. The number of carbonyl (C=O) groups is 4. The Morgan fingerprint density at radius 2 is 1.78 bits per heavy atom. The molecule has 0 atom stereocenters. The van der Waals surface area contributed by atoms with Crippen LogP contribution in [0.25, 0.3) is 0 Å². The van der Waals surface area contributed by atoms with Gasteiger partial charge in [0.15, 0.2) is 5.13 Å². The molecule has 2 aromatic carbocycles. The molecule has 3 amide bonds. The number of methoxy groups -OCH3 is 1. The number of nitrogens with one attached hydrogen (secondary N) is 2. The minimum absolute atomic E-state index is 0.163. The van der Waals surface area contributed by atoms with Gasteiger partial charge in [0.2, 0.25) is 0 Å². The maximum atomic E-state index is 13.0. The van der Waals surface area contributed by atoms with Gasteiger partial charge in [-0.25, -0.2) is 14.7 Å². The van der Waals surface area contributed by atoms with Crippen molar-refractivity contribution < 1.29 is 23.9 Å². The number of ether oxygens (including phenoxy) is 1. The Morgan fingerprint density at radius 3 is 2.47 bits per heavy atom. The van der Waals surface area contributed by atoms with Crippen molar-refractivity contribution in [2.45, 2.75) is 6.92 Å². The molecule has 1 aliphatic rings. The number of thiazole rings is 1. The Balaban J connectivity index is 1.53. The van der Waals surface area contributed by atoms with Crippen LogP contribution in [0.15, 0.2) is 53.2 Å². The van der Waals surface area contributed by atoms with Crippen LogP contribution < -0.4 is 15.5 Å². The highest BCUT2D eigenvalue weighted by Crippen LogP contribution is 2.33. The number of rotatable bonds is 6. The van der Waals surface area contributed by atoms with E-state index in [4.69, 9.17) is 39.5 Å². The maximum absolute atomic E-state index is 13.0. The number of imide groups is 1. The molecule has 1 aromatic heterocycles. The number of aryl methyl sites for hydroxylation is 1. The Hall–Kier alpha value is -3.44. The molecule has 3 aromatic rings. The summed E-state index contributed by atoms with van der Waals surface area (Å²) in [6, 6.07) is 10.5. The summed E-state index contributed by atoms with van der Waals surface area (Å²) in [5.74, 6) is -2.49. The van der Waals surface area contributed by atoms with Crippen molar-refractivity contribution in [3.8, 4) is 0 Å². The van der Waals surface area contributed by atoms with E-state index in [2.05, 4.69) is 15.6 Å². The maximum Gasteiger partial charge on any atom is 0.350 e. The molecule has 0 bridgehead atoms. The first-order valence-electron chi connectivity index (χ1n) is 10.1. The van der Waals surface area contributed by atoms with E-state index in [1.165, 1.54) is 31.4 Å². The number of esters is 1. The van der Waals surface area contributed by atoms with E-state index in [1.54, 1.807) is 25.1 Å². The van der Waals surface area contributed by atoms with Gasteiger partial charge in [0.25, 0.3) is 17.7 Å². The fourth-order valence-electron chi connectivity index (χ4n) is 3.25. The van der Waals surface area contributed by atoms with Crippen molar-refractivity contribution in [1.82, 2.24) is 4.98 Å². The van der Waals surface area contributed by atoms with Crippen molar-refractivity contribution in [2.75, 3.05) is 22.6 Å². The van der Waals surface area contributed by atoms with Gasteiger partial charge >= 0.3 is 5.97 Å². The third kappa shape index (κ3) is 4.93. The standard InChI is InChI=1S/C23H15Cl3N4O5S/c1-10-18(22(34)35-2)36-23(27-10)29-19(31)11-4-3-5-12(8-11)28-17-16(26)20(32)30(21(17)33)13-6-7-14(24)15(25)9-13/h3-9,28H,1-2H3,(H,27,29,31). The van der Waals surface area contributed by atoms with Crippen LogP contribution in [-0.2, 0) is 14.3 Å². The van der Waals surface area contributed by atoms with E-state index in [0.29, 0.717) is 11.4 Å². The number of amides is 3. The SMILES string of the molecule is COC(=O)c1sc(NC(=O)c2cccc(NC3=C(Cl)C(=O)N(c4ccc(Cl)c(Cl)c4)C3=O)c2)nc1C. The van der Waals surface area contributed by atoms with Crippen molar-refractivity contribution in [3.05, 3.63) is 79.4 Å². The third-order valence-electron chi connectivity index (χ3n) is 4.97. The number of benzene rings is 2. The zero-order valence-corrected chi connectivity index (χ0v) is 21.6. The lowest BCUT2D eigenvalue weighted by Crippen LogP contribution is -2.32. The molecule has 13 heteroatoms. The number of halogens is 3. The van der Waals surface area contributed by atoms with Gasteiger partial charge in [0.05, 0.1) is 28.5 Å². The van der Waals surface area contributed by atoms with E-state index < -0.39 is 23.7 Å². The Bertz CT molecular complexity index is 1470. The fourth-order valence-corrected chi connectivity index (χ4v) is 4.64. The second kappa shape index (κ2) is 10.3. The van der Waals surface area contributed by atoms with Gasteiger partial charge in [-0.15, -0.1) is 0 Å². The van der Waals surface area contributed by atoms with Crippen LogP contribution in [0, 0.1) is 6.92 Å². The second-order valence-electron chi connectivity index (χ2n) is 7.32. The number of carbonyl (C=O) groups excluding carboxylic acids is 4. The van der Waals surface area contributed by atoms with Gasteiger partial charge in [-0.2, -0.15) is 0 Å². The van der Waals surface area contributed by atoms with E-state index in [-0.39, 0.29) is 42.0 Å². The summed E-state index contributed by atoms with van der Waals surface area (Å²) < 4.78 is 4.70. The van der Waals surface area contributed by atoms with Crippen LogP contribution in [0.2, 0.25) is 10.0 Å². The first kappa shape index (κ1) is 25.6. The van der Waals surface area contributed by atoms with Gasteiger partial charge in [-0.1, -0.05) is 52.2 Å². The molecule has 184 valence electrons. The molecule has 0 saturated carbocycles. The van der Waals surface area contributed by atoms with Crippen molar-refractivity contribution in [3.63, 3.8) is 0 Å². The molecule has 0 fully saturated rings. The molecule has 0 spiro atoms. The first-order valence-corrected chi connectivity index (χ1v) is 12.0. The zero-order valence-electron chi connectivity index (χ0n) is 18.5. The molecule has 2 heterocycles. The van der Waals surface area contributed by atoms with E-state index in [0.717, 1.165) is 16.2 Å². The van der Waals surface area contributed by atoms with Crippen molar-refractivity contribution in [2.24, 2.45) is 0 Å². The minimum atomic E-state index is -0.739. The smallest absolute Gasteiger partial charge is 0.350 e. The molecule has 0 aliphatic carbocycles. The summed E-state index contributed by atoms with van der Waals surface area (Å²) >= 11 is 19.1. The summed E-state index contributed by atoms with van der Waals surface area (Å²) in [5.41, 5.74) is 1.02. The molecule has 4 rings (SSSR count). The largest absolute Gasteiger partial charge is 0.465 e. The van der Waals surface area contributed by atoms with Crippen LogP contribution in [0.3, 0.4) is 0 Å². The molecule has 0 saturated heterocycles. The number of hydrogen-bond donors (Lipinski definition) is 2. The number of anilines is 3. The van der Waals surface area contributed by atoms with Crippen LogP contribution in [0.1, 0.15) is 25.7 Å². The summed E-state index contributed by atoms with van der Waals surface area (Å²) in [5, 5.41) is 5.76. The second-order valence-corrected chi connectivity index (χ2v) is 9.51. The van der Waals surface area contributed by atoms with Gasteiger partial charge in [-0.3, -0.25) is 19.7 Å². The number of aromatic nitrogens is 1. The molecule has 0 radical (unpaired) electrons. The topological polar surface area (TPSA) is 118 Å². The monoisotopic (exact) mass is 564 g/mol. The van der Waals surface area contributed by atoms with Crippen LogP contribution in [0.4, 0.5) is 16.5 Å². The van der Waals surface area contributed by atoms with E-state index in [1.807, 2.05) is 0 Å². The molecule has 36 heavy (non-hydrogen) atoms. The zero-order chi connectivity index (χ0) is 26.1. The third-order valence-corrected chi connectivity index (χ3v) is 7.11. The van der Waals surface area contributed by atoms with E-state index in [9.17, 15) is 19.2 Å². The average Bonchev–Trinajstić information content (AvgIpc) is 3.32. The van der Waals surface area contributed by atoms with Gasteiger partial charge in [0, 0.05) is 11.3 Å². The summed E-state index contributed by atoms with van der Waals surface area (Å²) in [4.78, 5) is 55.5. The summed E-state index contributed by atoms with van der Waals surface area (Å²) in [6.45, 7) is 1.63. The lowest BCUT2D eigenvalue weighted by Gasteiger charge is -2.16. The highest BCUT2D eigenvalue weighted by molar-refractivity contribution is 7.17. The van der Waals surface area contributed by atoms with Gasteiger partial charge < -0.3 is 10.1 Å². The normalized spacial score (nSPS) is 13.3. The summed E-state index contributed by atoms with van der Waals surface area (Å²) in [6.07, 6.45) is 0. The fraction of sp³-hybridized carbons (Fsp3) is 0.0870. The first-order chi connectivity index (χ1) is 17.1. The van der Waals surface area contributed by atoms with Crippen LogP contribution >= 0.6 is 46.1 Å². The quantitative estimate of drug-likeness (QED) is 0.310. The number of nitrogens with zero attached hydrogens (tertiary/aromatic N) is 2. The van der Waals surface area contributed by atoms with Crippen LogP contribution in [-0.4, -0.2) is 35.8 Å². The highest BCUT2D eigenvalue weighted by Gasteiger charge is 2.39. The predicted octanol–water partition coefficient (Wildman–Crippen LogP) is 5.23. The Kier molecular flexibility index (Phi) is 7.32. The Labute approximate surface area is 223 Å². The lowest BCUT2D eigenvalue weighted by atomic mass is 10.2. The molecular formula is C23H15Cl3N4O5S. The molecule has 0 unspecified atom stereocenters. The van der Waals surface area contributed by atoms with Crippen molar-refractivity contribution >= 4 is 86.3 Å².